The van der Waals surface area contributed by atoms with Crippen LogP contribution in [0.4, 0.5) is 5.69 Å². The molecule has 3 nitrogen and oxygen atoms in total. The van der Waals surface area contributed by atoms with Gasteiger partial charge in [0.15, 0.2) is 0 Å². The second-order valence-corrected chi connectivity index (χ2v) is 2.75. The number of pyridine rings is 1. The lowest BCUT2D eigenvalue weighted by Crippen LogP contribution is -1.91. The molecule has 0 fully saturated rings. The van der Waals surface area contributed by atoms with E-state index < -0.39 is 0 Å². The van der Waals surface area contributed by atoms with Gasteiger partial charge in [0.05, 0.1) is 11.8 Å². The van der Waals surface area contributed by atoms with Crippen molar-refractivity contribution < 1.29 is 0 Å². The molecule has 0 saturated heterocycles. The number of nitriles is 1. The second-order valence-electron chi connectivity index (χ2n) is 2.75. The maximum absolute atomic E-state index is 8.30. The van der Waals surface area contributed by atoms with Gasteiger partial charge >= 0.3 is 0 Å². The van der Waals surface area contributed by atoms with Crippen LogP contribution in [0.3, 0.4) is 0 Å². The van der Waals surface area contributed by atoms with Gasteiger partial charge in [0.25, 0.3) is 0 Å². The Hall–Kier alpha value is -2.00. The molecule has 70 valence electrons. The summed E-state index contributed by atoms with van der Waals surface area (Å²) in [5, 5.41) is 8.30. The molecule has 0 spiro atoms. The average molecular weight is 185 g/mol. The van der Waals surface area contributed by atoms with E-state index in [0.29, 0.717) is 24.2 Å². The number of unbranched alkanes of at least 4 members (excludes halogenated alkanes) is 2. The molecule has 1 heterocycles. The minimum Gasteiger partial charge on any atom is -0.396 e. The van der Waals surface area contributed by atoms with Gasteiger partial charge in [-0.05, 0) is 24.5 Å². The van der Waals surface area contributed by atoms with Crippen molar-refractivity contribution in [2.45, 2.75) is 19.3 Å². The fourth-order valence-electron chi connectivity index (χ4n) is 0.924. The number of hydrogen-bond donors (Lipinski definition) is 1. The Balaban J connectivity index is 2.52. The van der Waals surface area contributed by atoms with E-state index >= 15 is 0 Å². The SMILES string of the molecule is N#CCCCC#Cc1ncccc1N. The zero-order chi connectivity index (χ0) is 10.2. The highest BCUT2D eigenvalue weighted by Gasteiger charge is 1.92. The highest BCUT2D eigenvalue weighted by Crippen LogP contribution is 2.04. The van der Waals surface area contributed by atoms with Gasteiger partial charge in [-0.2, -0.15) is 5.26 Å². The van der Waals surface area contributed by atoms with Crippen molar-refractivity contribution >= 4 is 5.69 Å². The molecule has 0 atom stereocenters. The third-order valence-electron chi connectivity index (χ3n) is 1.64. The maximum Gasteiger partial charge on any atom is 0.136 e. The number of anilines is 1. The summed E-state index contributed by atoms with van der Waals surface area (Å²) < 4.78 is 0. The van der Waals surface area contributed by atoms with Gasteiger partial charge in [-0.1, -0.05) is 5.92 Å². The minimum absolute atomic E-state index is 0.548. The molecule has 2 N–H and O–H groups in total. The molecule has 0 aliphatic carbocycles. The lowest BCUT2D eigenvalue weighted by molar-refractivity contribution is 0.894. The average Bonchev–Trinajstić information content (AvgIpc) is 2.20. The molecule has 0 amide bonds. The first kappa shape index (κ1) is 10.1. The summed E-state index contributed by atoms with van der Waals surface area (Å²) in [5.74, 6) is 5.81. The Labute approximate surface area is 83.6 Å². The zero-order valence-corrected chi connectivity index (χ0v) is 7.83. The van der Waals surface area contributed by atoms with Crippen molar-refractivity contribution in [3.05, 3.63) is 24.0 Å². The lowest BCUT2D eigenvalue weighted by atomic mass is 10.2. The first-order valence-corrected chi connectivity index (χ1v) is 4.41. The van der Waals surface area contributed by atoms with Crippen molar-refractivity contribution in [3.63, 3.8) is 0 Å². The highest BCUT2D eigenvalue weighted by molar-refractivity contribution is 5.50. The Bertz CT molecular complexity index is 393. The predicted octanol–water partition coefficient (Wildman–Crippen LogP) is 1.71. The summed E-state index contributed by atoms with van der Waals surface area (Å²) in [4.78, 5) is 4.03. The maximum atomic E-state index is 8.30. The number of nitrogen functional groups attached to an aromatic ring is 1. The monoisotopic (exact) mass is 185 g/mol. The molecule has 1 aromatic rings. The molecule has 0 unspecified atom stereocenters. The zero-order valence-electron chi connectivity index (χ0n) is 7.83. The molecule has 0 aliphatic heterocycles. The fraction of sp³-hybridized carbons (Fsp3) is 0.273. The lowest BCUT2D eigenvalue weighted by Gasteiger charge is -1.93. The predicted molar refractivity (Wildman–Crippen MR) is 55.0 cm³/mol. The van der Waals surface area contributed by atoms with Crippen LogP contribution in [0.2, 0.25) is 0 Å². The molecule has 0 saturated carbocycles. The first-order valence-electron chi connectivity index (χ1n) is 4.41. The number of nitrogens with two attached hydrogens (primary N) is 1. The number of nitrogens with zero attached hydrogens (tertiary/aromatic N) is 2. The van der Waals surface area contributed by atoms with Crippen LogP contribution in [0.1, 0.15) is 25.0 Å². The van der Waals surface area contributed by atoms with Crippen molar-refractivity contribution in [1.82, 2.24) is 4.98 Å². The Morgan fingerprint density at radius 1 is 1.43 bits per heavy atom. The van der Waals surface area contributed by atoms with Gasteiger partial charge in [-0.15, -0.1) is 0 Å². The first-order chi connectivity index (χ1) is 6.84. The third-order valence-corrected chi connectivity index (χ3v) is 1.64. The molecule has 0 aromatic carbocycles. The molecule has 3 heteroatoms. The van der Waals surface area contributed by atoms with Crippen LogP contribution in [0, 0.1) is 23.2 Å². The van der Waals surface area contributed by atoms with E-state index in [1.165, 1.54) is 0 Å². The second kappa shape index (κ2) is 5.61. The standard InChI is InChI=1S/C11H11N3/c12-8-4-2-1-3-7-11-10(13)6-5-9-14-11/h5-6,9H,1-2,4,13H2. The van der Waals surface area contributed by atoms with Crippen molar-refractivity contribution in [1.29, 1.82) is 5.26 Å². The molecule has 0 aliphatic rings. The van der Waals surface area contributed by atoms with E-state index in [2.05, 4.69) is 22.9 Å². The molecule has 0 bridgehead atoms. The molecule has 0 radical (unpaired) electrons. The number of rotatable bonds is 2. The van der Waals surface area contributed by atoms with E-state index in [-0.39, 0.29) is 0 Å². The minimum atomic E-state index is 0.548. The summed E-state index contributed by atoms with van der Waals surface area (Å²) >= 11 is 0. The summed E-state index contributed by atoms with van der Waals surface area (Å²) in [5.41, 5.74) is 6.86. The largest absolute Gasteiger partial charge is 0.396 e. The summed E-state index contributed by atoms with van der Waals surface area (Å²) in [6.45, 7) is 0. The molecule has 14 heavy (non-hydrogen) atoms. The summed E-state index contributed by atoms with van der Waals surface area (Å²) in [7, 11) is 0. The van der Waals surface area contributed by atoms with Crippen LogP contribution in [0.5, 0.6) is 0 Å². The van der Waals surface area contributed by atoms with Crippen LogP contribution in [0.15, 0.2) is 18.3 Å². The molecule has 1 aromatic heterocycles. The van der Waals surface area contributed by atoms with Gasteiger partial charge in [0.2, 0.25) is 0 Å². The van der Waals surface area contributed by atoms with Crippen LogP contribution in [-0.4, -0.2) is 4.98 Å². The van der Waals surface area contributed by atoms with Gasteiger partial charge < -0.3 is 5.73 Å². The van der Waals surface area contributed by atoms with Crippen LogP contribution in [0.25, 0.3) is 0 Å². The topological polar surface area (TPSA) is 62.7 Å². The smallest absolute Gasteiger partial charge is 0.136 e. The Kier molecular flexibility index (Phi) is 4.04. The van der Waals surface area contributed by atoms with Crippen molar-refractivity contribution in [2.75, 3.05) is 5.73 Å². The van der Waals surface area contributed by atoms with E-state index in [0.717, 1.165) is 6.42 Å². The number of aromatic nitrogens is 1. The van der Waals surface area contributed by atoms with Gasteiger partial charge in [-0.3, -0.25) is 0 Å². The van der Waals surface area contributed by atoms with Gasteiger partial charge in [0.1, 0.15) is 5.69 Å². The van der Waals surface area contributed by atoms with Crippen molar-refractivity contribution in [3.8, 4) is 17.9 Å². The molecular formula is C11H11N3. The van der Waals surface area contributed by atoms with E-state index in [1.54, 1.807) is 18.3 Å². The van der Waals surface area contributed by atoms with E-state index in [4.69, 9.17) is 11.0 Å². The Morgan fingerprint density at radius 2 is 2.29 bits per heavy atom. The molecule has 1 rings (SSSR count). The van der Waals surface area contributed by atoms with Gasteiger partial charge in [0, 0.05) is 19.0 Å². The van der Waals surface area contributed by atoms with Crippen LogP contribution >= 0.6 is 0 Å². The number of hydrogen-bond acceptors (Lipinski definition) is 3. The van der Waals surface area contributed by atoms with Crippen LogP contribution in [-0.2, 0) is 0 Å². The summed E-state index contributed by atoms with van der Waals surface area (Å²) in [6, 6.07) is 5.61. The van der Waals surface area contributed by atoms with E-state index in [1.807, 2.05) is 0 Å². The van der Waals surface area contributed by atoms with E-state index in [9.17, 15) is 0 Å². The highest BCUT2D eigenvalue weighted by atomic mass is 14.7. The fourth-order valence-corrected chi connectivity index (χ4v) is 0.924. The Morgan fingerprint density at radius 3 is 3.00 bits per heavy atom. The quantitative estimate of drug-likeness (QED) is 0.563. The van der Waals surface area contributed by atoms with Gasteiger partial charge in [-0.25, -0.2) is 4.98 Å². The summed E-state index contributed by atoms with van der Waals surface area (Å²) in [6.07, 6.45) is 3.72. The third kappa shape index (κ3) is 3.16. The van der Waals surface area contributed by atoms with Crippen molar-refractivity contribution in [2.24, 2.45) is 0 Å². The molecular weight excluding hydrogens is 174 g/mol. The normalized spacial score (nSPS) is 8.50. The van der Waals surface area contributed by atoms with Crippen LogP contribution < -0.4 is 5.73 Å².